The first-order valence-corrected chi connectivity index (χ1v) is 12.1. The molecule has 0 aliphatic heterocycles. The largest absolute Gasteiger partial charge is 0.378 e. The molecule has 0 atom stereocenters. The summed E-state index contributed by atoms with van der Waals surface area (Å²) in [5.74, 6) is 0.0678. The molecule has 0 bridgehead atoms. The zero-order valence-electron chi connectivity index (χ0n) is 21.0. The van der Waals surface area contributed by atoms with Crippen LogP contribution < -0.4 is 32.6 Å². The van der Waals surface area contributed by atoms with E-state index in [-0.39, 0.29) is 11.5 Å². The van der Waals surface area contributed by atoms with Gasteiger partial charge in [-0.25, -0.2) is 9.78 Å². The second-order valence-electron chi connectivity index (χ2n) is 8.75. The minimum absolute atomic E-state index is 0.0678. The lowest BCUT2D eigenvalue weighted by Crippen LogP contribution is -2.28. The van der Waals surface area contributed by atoms with Crippen LogP contribution in [-0.2, 0) is 6.54 Å². The van der Waals surface area contributed by atoms with E-state index in [9.17, 15) is 9.59 Å². The van der Waals surface area contributed by atoms with Crippen LogP contribution in [0.15, 0.2) is 59.5 Å². The Labute approximate surface area is 211 Å². The summed E-state index contributed by atoms with van der Waals surface area (Å²) in [4.78, 5) is 36.1. The number of aromatic amines is 1. The molecule has 1 heterocycles. The standard InChI is InChI=1S/C26H36N8O2/c1-33(2)22-11-9-21(10-12-22)30-26(36)32-25-29-17-23(24(35)31-25)20-7-5-19(6-8-20)18-34(15-3-13-27)16-4-14-28/h5-12,17H,3-4,13-16,18,27-28H2,1-2H3,(H3,29,30,31,32,35,36). The summed E-state index contributed by atoms with van der Waals surface area (Å²) in [6, 6.07) is 14.7. The number of carbonyl (C=O) groups is 1. The second-order valence-corrected chi connectivity index (χ2v) is 8.75. The highest BCUT2D eigenvalue weighted by Gasteiger charge is 2.10. The van der Waals surface area contributed by atoms with E-state index in [1.54, 1.807) is 12.1 Å². The van der Waals surface area contributed by atoms with Gasteiger partial charge in [-0.05, 0) is 74.4 Å². The van der Waals surface area contributed by atoms with Crippen molar-refractivity contribution in [3.8, 4) is 11.1 Å². The number of H-pyrrole nitrogens is 1. The maximum Gasteiger partial charge on any atom is 0.326 e. The molecule has 1 aromatic heterocycles. The van der Waals surface area contributed by atoms with Crippen LogP contribution in [0.25, 0.3) is 11.1 Å². The molecule has 10 heteroatoms. The van der Waals surface area contributed by atoms with Gasteiger partial charge in [0.2, 0.25) is 5.95 Å². The van der Waals surface area contributed by atoms with E-state index in [2.05, 4.69) is 25.5 Å². The summed E-state index contributed by atoms with van der Waals surface area (Å²) in [7, 11) is 3.89. The van der Waals surface area contributed by atoms with Crippen LogP contribution in [0.4, 0.5) is 22.1 Å². The summed E-state index contributed by atoms with van der Waals surface area (Å²) >= 11 is 0. The normalized spacial score (nSPS) is 10.9. The predicted molar refractivity (Wildman–Crippen MR) is 146 cm³/mol. The van der Waals surface area contributed by atoms with Gasteiger partial charge in [-0.1, -0.05) is 24.3 Å². The van der Waals surface area contributed by atoms with Crippen molar-refractivity contribution < 1.29 is 4.79 Å². The van der Waals surface area contributed by atoms with Gasteiger partial charge < -0.3 is 21.7 Å². The third kappa shape index (κ3) is 7.91. The molecule has 0 aliphatic rings. The number of nitrogens with zero attached hydrogens (tertiary/aromatic N) is 3. The maximum atomic E-state index is 12.7. The molecule has 36 heavy (non-hydrogen) atoms. The van der Waals surface area contributed by atoms with Crippen molar-refractivity contribution in [2.24, 2.45) is 11.5 Å². The summed E-state index contributed by atoms with van der Waals surface area (Å²) in [5, 5.41) is 5.28. The van der Waals surface area contributed by atoms with Gasteiger partial charge in [0.05, 0.1) is 5.56 Å². The summed E-state index contributed by atoms with van der Waals surface area (Å²) in [6.07, 6.45) is 3.33. The van der Waals surface area contributed by atoms with Gasteiger partial charge in [0, 0.05) is 38.2 Å². The van der Waals surface area contributed by atoms with Gasteiger partial charge in [0.25, 0.3) is 5.56 Å². The Morgan fingerprint density at radius 2 is 1.58 bits per heavy atom. The number of nitrogens with two attached hydrogens (primary N) is 2. The molecule has 3 aromatic rings. The Bertz CT molecular complexity index is 1150. The third-order valence-electron chi connectivity index (χ3n) is 5.70. The average molecular weight is 493 g/mol. The number of amides is 2. The van der Waals surface area contributed by atoms with Crippen LogP contribution >= 0.6 is 0 Å². The first-order chi connectivity index (χ1) is 17.4. The highest BCUT2D eigenvalue weighted by molar-refractivity contribution is 5.98. The van der Waals surface area contributed by atoms with Crippen molar-refractivity contribution in [1.82, 2.24) is 14.9 Å². The lowest BCUT2D eigenvalue weighted by molar-refractivity contribution is 0.262. The maximum absolute atomic E-state index is 12.7. The average Bonchev–Trinajstić information content (AvgIpc) is 2.86. The number of urea groups is 1. The molecule has 0 saturated carbocycles. The Kier molecular flexibility index (Phi) is 9.99. The lowest BCUT2D eigenvalue weighted by Gasteiger charge is -2.22. The van der Waals surface area contributed by atoms with Gasteiger partial charge in [-0.3, -0.25) is 20.0 Å². The Morgan fingerprint density at radius 3 is 2.14 bits per heavy atom. The number of benzene rings is 2. The number of aromatic nitrogens is 2. The van der Waals surface area contributed by atoms with Crippen LogP contribution in [0.5, 0.6) is 0 Å². The summed E-state index contributed by atoms with van der Waals surface area (Å²) < 4.78 is 0. The monoisotopic (exact) mass is 492 g/mol. The molecule has 10 nitrogen and oxygen atoms in total. The van der Waals surface area contributed by atoms with Crippen LogP contribution in [0.1, 0.15) is 18.4 Å². The van der Waals surface area contributed by atoms with Gasteiger partial charge in [0.1, 0.15) is 0 Å². The van der Waals surface area contributed by atoms with E-state index in [1.807, 2.05) is 55.4 Å². The SMILES string of the molecule is CN(C)c1ccc(NC(=O)Nc2ncc(-c3ccc(CN(CCCN)CCCN)cc3)c(=O)[nH]2)cc1. The number of rotatable bonds is 12. The first kappa shape index (κ1) is 26.9. The van der Waals surface area contributed by atoms with Crippen molar-refractivity contribution in [3.63, 3.8) is 0 Å². The molecule has 2 amide bonds. The summed E-state index contributed by atoms with van der Waals surface area (Å²) in [5.41, 5.74) is 15.0. The fourth-order valence-corrected chi connectivity index (χ4v) is 3.72. The van der Waals surface area contributed by atoms with E-state index in [4.69, 9.17) is 11.5 Å². The Hall–Kier alpha value is -3.73. The van der Waals surface area contributed by atoms with Crippen LogP contribution in [0, 0.1) is 0 Å². The topological polar surface area (TPSA) is 145 Å². The lowest BCUT2D eigenvalue weighted by atomic mass is 10.1. The quantitative estimate of drug-likeness (QED) is 0.261. The van der Waals surface area contributed by atoms with E-state index in [0.29, 0.717) is 24.3 Å². The molecule has 0 saturated heterocycles. The first-order valence-electron chi connectivity index (χ1n) is 12.1. The van der Waals surface area contributed by atoms with E-state index < -0.39 is 6.03 Å². The summed E-state index contributed by atoms with van der Waals surface area (Å²) in [6.45, 7) is 3.95. The Morgan fingerprint density at radius 1 is 0.944 bits per heavy atom. The molecule has 192 valence electrons. The van der Waals surface area contributed by atoms with Gasteiger partial charge in [-0.15, -0.1) is 0 Å². The second kappa shape index (κ2) is 13.4. The number of hydrogen-bond acceptors (Lipinski definition) is 7. The van der Waals surface area contributed by atoms with Crippen molar-refractivity contribution in [2.75, 3.05) is 55.8 Å². The van der Waals surface area contributed by atoms with Gasteiger partial charge in [-0.2, -0.15) is 0 Å². The number of nitrogens with one attached hydrogen (secondary N) is 3. The molecular formula is C26H36N8O2. The fourth-order valence-electron chi connectivity index (χ4n) is 3.72. The van der Waals surface area contributed by atoms with Crippen molar-refractivity contribution in [3.05, 3.63) is 70.6 Å². The van der Waals surface area contributed by atoms with E-state index >= 15 is 0 Å². The molecule has 0 spiro atoms. The van der Waals surface area contributed by atoms with Gasteiger partial charge in [0.15, 0.2) is 0 Å². The van der Waals surface area contributed by atoms with Crippen LogP contribution in [-0.4, -0.2) is 61.2 Å². The molecule has 0 fully saturated rings. The minimum atomic E-state index is -0.498. The minimum Gasteiger partial charge on any atom is -0.378 e. The molecule has 0 aliphatic carbocycles. The number of anilines is 3. The molecule has 0 unspecified atom stereocenters. The van der Waals surface area contributed by atoms with Crippen LogP contribution in [0.3, 0.4) is 0 Å². The zero-order valence-corrected chi connectivity index (χ0v) is 21.0. The van der Waals surface area contributed by atoms with Crippen molar-refractivity contribution >= 4 is 23.4 Å². The molecule has 7 N–H and O–H groups in total. The Balaban J connectivity index is 1.61. The third-order valence-corrected chi connectivity index (χ3v) is 5.70. The number of carbonyl (C=O) groups excluding carboxylic acids is 1. The molecule has 3 rings (SSSR count). The molecule has 0 radical (unpaired) electrons. The fraction of sp³-hybridized carbons (Fsp3) is 0.346. The van der Waals surface area contributed by atoms with Crippen molar-refractivity contribution in [2.45, 2.75) is 19.4 Å². The van der Waals surface area contributed by atoms with E-state index in [0.717, 1.165) is 49.3 Å². The zero-order chi connectivity index (χ0) is 25.9. The van der Waals surface area contributed by atoms with Crippen LogP contribution in [0.2, 0.25) is 0 Å². The highest BCUT2D eigenvalue weighted by Crippen LogP contribution is 2.18. The predicted octanol–water partition coefficient (Wildman–Crippen LogP) is 2.65. The number of hydrogen-bond donors (Lipinski definition) is 5. The molecule has 2 aromatic carbocycles. The van der Waals surface area contributed by atoms with Gasteiger partial charge >= 0.3 is 6.03 Å². The highest BCUT2D eigenvalue weighted by atomic mass is 16.2. The molecular weight excluding hydrogens is 456 g/mol. The van der Waals surface area contributed by atoms with Crippen molar-refractivity contribution in [1.29, 1.82) is 0 Å². The smallest absolute Gasteiger partial charge is 0.326 e. The van der Waals surface area contributed by atoms with E-state index in [1.165, 1.54) is 6.20 Å².